The summed E-state index contributed by atoms with van der Waals surface area (Å²) in [4.78, 5) is 14.0. The van der Waals surface area contributed by atoms with Crippen LogP contribution in [0.25, 0.3) is 5.69 Å². The Kier molecular flexibility index (Phi) is 5.14. The average molecular weight is 352 g/mol. The van der Waals surface area contributed by atoms with Crippen LogP contribution >= 0.6 is 15.9 Å². The van der Waals surface area contributed by atoms with E-state index >= 15 is 0 Å². The Balaban J connectivity index is 2.32. The Morgan fingerprint density at radius 1 is 1.38 bits per heavy atom. The number of rotatable bonds is 5. The summed E-state index contributed by atoms with van der Waals surface area (Å²) >= 11 is 3.40. The van der Waals surface area contributed by atoms with Gasteiger partial charge in [-0.2, -0.15) is 5.10 Å². The highest BCUT2D eigenvalue weighted by Gasteiger charge is 2.19. The molecule has 1 aromatic carbocycles. The normalized spacial score (nSPS) is 10.7. The van der Waals surface area contributed by atoms with Crippen LogP contribution < -0.4 is 0 Å². The fourth-order valence-corrected chi connectivity index (χ4v) is 2.42. The van der Waals surface area contributed by atoms with E-state index in [1.165, 1.54) is 0 Å². The largest absolute Gasteiger partial charge is 0.395 e. The van der Waals surface area contributed by atoms with Gasteiger partial charge in [0.25, 0.3) is 5.91 Å². The molecule has 1 heterocycles. The van der Waals surface area contributed by atoms with Crippen LogP contribution in [0.4, 0.5) is 0 Å². The smallest absolute Gasteiger partial charge is 0.257 e. The van der Waals surface area contributed by atoms with E-state index < -0.39 is 0 Å². The van der Waals surface area contributed by atoms with E-state index in [2.05, 4.69) is 21.0 Å². The minimum absolute atomic E-state index is 0.0422. The van der Waals surface area contributed by atoms with Crippen LogP contribution in [0.15, 0.2) is 34.9 Å². The van der Waals surface area contributed by atoms with E-state index in [0.717, 1.165) is 15.9 Å². The lowest BCUT2D eigenvalue weighted by Gasteiger charge is -2.19. The van der Waals surface area contributed by atoms with Gasteiger partial charge in [-0.3, -0.25) is 4.79 Å². The third kappa shape index (κ3) is 3.33. The Labute approximate surface area is 132 Å². The molecule has 0 aliphatic heterocycles. The molecule has 0 saturated carbocycles. The van der Waals surface area contributed by atoms with Crippen molar-refractivity contribution in [2.45, 2.75) is 13.8 Å². The molecule has 0 spiro atoms. The number of benzene rings is 1. The molecule has 0 saturated heterocycles. The fourth-order valence-electron chi connectivity index (χ4n) is 2.16. The highest BCUT2D eigenvalue weighted by atomic mass is 79.9. The minimum Gasteiger partial charge on any atom is -0.395 e. The van der Waals surface area contributed by atoms with Crippen LogP contribution in [0.2, 0.25) is 0 Å². The quantitative estimate of drug-likeness (QED) is 0.899. The molecule has 5 nitrogen and oxygen atoms in total. The summed E-state index contributed by atoms with van der Waals surface area (Å²) in [5.41, 5.74) is 2.26. The summed E-state index contributed by atoms with van der Waals surface area (Å²) in [5, 5.41) is 13.3. The number of nitrogens with zero attached hydrogens (tertiary/aromatic N) is 3. The van der Waals surface area contributed by atoms with Gasteiger partial charge in [0.1, 0.15) is 0 Å². The van der Waals surface area contributed by atoms with Gasteiger partial charge in [-0.1, -0.05) is 15.9 Å². The Bertz CT molecular complexity index is 622. The lowest BCUT2D eigenvalue weighted by Crippen LogP contribution is -2.33. The van der Waals surface area contributed by atoms with Crippen molar-refractivity contribution in [3.05, 3.63) is 46.2 Å². The highest BCUT2D eigenvalue weighted by Crippen LogP contribution is 2.18. The number of carbonyl (C=O) groups excluding carboxylic acids is 1. The van der Waals surface area contributed by atoms with Crippen LogP contribution in [0.3, 0.4) is 0 Å². The summed E-state index contributed by atoms with van der Waals surface area (Å²) in [7, 11) is 0. The maximum absolute atomic E-state index is 12.4. The van der Waals surface area contributed by atoms with Crippen molar-refractivity contribution >= 4 is 21.8 Å². The molecule has 0 aliphatic carbocycles. The number of hydrogen-bond donors (Lipinski definition) is 1. The first-order valence-corrected chi connectivity index (χ1v) is 7.58. The van der Waals surface area contributed by atoms with Crippen molar-refractivity contribution in [3.8, 4) is 5.69 Å². The van der Waals surface area contributed by atoms with Crippen LogP contribution in [0, 0.1) is 6.92 Å². The second kappa shape index (κ2) is 6.87. The van der Waals surface area contributed by atoms with Crippen molar-refractivity contribution < 1.29 is 9.90 Å². The molecule has 2 aromatic rings. The standard InChI is InChI=1S/C15H18BrN3O2/c1-3-18(8-9-20)15(21)14-10-17-19(11(14)2)13-6-4-12(16)5-7-13/h4-7,10,20H,3,8-9H2,1-2H3. The van der Waals surface area contributed by atoms with E-state index in [-0.39, 0.29) is 12.5 Å². The highest BCUT2D eigenvalue weighted by molar-refractivity contribution is 9.10. The van der Waals surface area contributed by atoms with Gasteiger partial charge in [0.05, 0.1) is 29.7 Å². The van der Waals surface area contributed by atoms with E-state index in [1.54, 1.807) is 15.8 Å². The van der Waals surface area contributed by atoms with Crippen molar-refractivity contribution in [1.82, 2.24) is 14.7 Å². The van der Waals surface area contributed by atoms with E-state index in [4.69, 9.17) is 5.11 Å². The molecule has 0 bridgehead atoms. The minimum atomic E-state index is -0.104. The van der Waals surface area contributed by atoms with E-state index in [9.17, 15) is 4.79 Å². The molecule has 21 heavy (non-hydrogen) atoms. The maximum Gasteiger partial charge on any atom is 0.257 e. The van der Waals surface area contributed by atoms with Gasteiger partial charge in [-0.15, -0.1) is 0 Å². The van der Waals surface area contributed by atoms with Gasteiger partial charge in [-0.25, -0.2) is 4.68 Å². The first-order valence-electron chi connectivity index (χ1n) is 6.79. The van der Waals surface area contributed by atoms with Crippen LogP contribution in [0.5, 0.6) is 0 Å². The maximum atomic E-state index is 12.4. The molecule has 1 aromatic heterocycles. The summed E-state index contributed by atoms with van der Waals surface area (Å²) in [6, 6.07) is 7.73. The number of halogens is 1. The molecule has 0 aliphatic rings. The van der Waals surface area contributed by atoms with E-state index in [1.807, 2.05) is 38.1 Å². The molecule has 2 rings (SSSR count). The predicted molar refractivity (Wildman–Crippen MR) is 84.7 cm³/mol. The zero-order valence-electron chi connectivity index (χ0n) is 12.1. The number of aliphatic hydroxyl groups excluding tert-OH is 1. The Morgan fingerprint density at radius 2 is 2.05 bits per heavy atom. The lowest BCUT2D eigenvalue weighted by molar-refractivity contribution is 0.0731. The molecule has 0 radical (unpaired) electrons. The van der Waals surface area contributed by atoms with Crippen molar-refractivity contribution in [2.75, 3.05) is 19.7 Å². The fraction of sp³-hybridized carbons (Fsp3) is 0.333. The predicted octanol–water partition coefficient (Wildman–Crippen LogP) is 2.40. The molecule has 6 heteroatoms. The summed E-state index contributed by atoms with van der Waals surface area (Å²) in [5.74, 6) is -0.104. The number of aliphatic hydroxyl groups is 1. The second-order valence-electron chi connectivity index (χ2n) is 4.64. The van der Waals surface area contributed by atoms with Crippen molar-refractivity contribution in [1.29, 1.82) is 0 Å². The van der Waals surface area contributed by atoms with Gasteiger partial charge in [0, 0.05) is 17.6 Å². The van der Waals surface area contributed by atoms with Crippen LogP contribution in [-0.2, 0) is 0 Å². The number of likely N-dealkylation sites (N-methyl/N-ethyl adjacent to an activating group) is 1. The van der Waals surface area contributed by atoms with Gasteiger partial charge in [0.15, 0.2) is 0 Å². The zero-order valence-corrected chi connectivity index (χ0v) is 13.7. The SMILES string of the molecule is CCN(CCO)C(=O)c1cnn(-c2ccc(Br)cc2)c1C. The molecule has 0 unspecified atom stereocenters. The first kappa shape index (κ1) is 15.7. The van der Waals surface area contributed by atoms with Gasteiger partial charge in [-0.05, 0) is 38.1 Å². The van der Waals surface area contributed by atoms with Gasteiger partial charge < -0.3 is 10.0 Å². The summed E-state index contributed by atoms with van der Waals surface area (Å²) in [6.45, 7) is 4.61. The molecule has 0 fully saturated rings. The Morgan fingerprint density at radius 3 is 2.62 bits per heavy atom. The topological polar surface area (TPSA) is 58.4 Å². The molecule has 0 atom stereocenters. The van der Waals surface area contributed by atoms with E-state index in [0.29, 0.717) is 18.7 Å². The second-order valence-corrected chi connectivity index (χ2v) is 5.56. The van der Waals surface area contributed by atoms with Crippen LogP contribution in [-0.4, -0.2) is 45.4 Å². The monoisotopic (exact) mass is 351 g/mol. The molecule has 112 valence electrons. The van der Waals surface area contributed by atoms with Crippen molar-refractivity contribution in [2.24, 2.45) is 0 Å². The van der Waals surface area contributed by atoms with Gasteiger partial charge in [0.2, 0.25) is 0 Å². The van der Waals surface area contributed by atoms with Crippen LogP contribution in [0.1, 0.15) is 23.0 Å². The van der Waals surface area contributed by atoms with Gasteiger partial charge >= 0.3 is 0 Å². The molecular weight excluding hydrogens is 334 g/mol. The number of amides is 1. The van der Waals surface area contributed by atoms with Crippen molar-refractivity contribution in [3.63, 3.8) is 0 Å². The molecule has 1 N–H and O–H groups in total. The number of carbonyl (C=O) groups is 1. The molecular formula is C15H18BrN3O2. The third-order valence-electron chi connectivity index (χ3n) is 3.35. The average Bonchev–Trinajstić information content (AvgIpc) is 2.86. The molecule has 1 amide bonds. The lowest BCUT2D eigenvalue weighted by atomic mass is 10.2. The summed E-state index contributed by atoms with van der Waals surface area (Å²) in [6.07, 6.45) is 1.58. The number of hydrogen-bond acceptors (Lipinski definition) is 3. The first-order chi connectivity index (χ1) is 10.1. The summed E-state index contributed by atoms with van der Waals surface area (Å²) < 4.78 is 2.74. The zero-order chi connectivity index (χ0) is 15.4. The third-order valence-corrected chi connectivity index (χ3v) is 3.88. The number of aromatic nitrogens is 2. The Hall–Kier alpha value is -1.66.